The molecule has 0 heterocycles. The van der Waals surface area contributed by atoms with Crippen LogP contribution in [0.3, 0.4) is 0 Å². The maximum Gasteiger partial charge on any atom is 0.273 e. The Morgan fingerprint density at radius 2 is 2.26 bits per heavy atom. The maximum atomic E-state index is 11.9. The fraction of sp³-hybridized carbons (Fsp3) is 0.417. The minimum atomic E-state index is -0.513. The molecule has 0 aliphatic rings. The van der Waals surface area contributed by atoms with Crippen LogP contribution in [0.2, 0.25) is 0 Å². The Balaban J connectivity index is 2.78. The summed E-state index contributed by atoms with van der Waals surface area (Å²) in [5, 5.41) is 13.1. The molecule has 1 amide bonds. The Labute approximate surface area is 115 Å². The first-order valence-corrected chi connectivity index (χ1v) is 6.06. The van der Waals surface area contributed by atoms with Gasteiger partial charge in [-0.3, -0.25) is 14.9 Å². The molecule has 1 N–H and O–H groups in total. The van der Waals surface area contributed by atoms with E-state index in [-0.39, 0.29) is 29.1 Å². The molecule has 0 aliphatic carbocycles. The summed E-state index contributed by atoms with van der Waals surface area (Å²) in [5.41, 5.74) is 0.533. The van der Waals surface area contributed by atoms with Crippen molar-refractivity contribution >= 4 is 23.2 Å². The minimum Gasteiger partial charge on any atom is -0.383 e. The number of benzene rings is 1. The van der Waals surface area contributed by atoms with Crippen LogP contribution in [-0.2, 0) is 4.74 Å². The molecule has 0 saturated carbocycles. The lowest BCUT2D eigenvalue weighted by Crippen LogP contribution is -2.32. The van der Waals surface area contributed by atoms with Crippen molar-refractivity contribution in [3.8, 4) is 0 Å². The Morgan fingerprint density at radius 1 is 1.58 bits per heavy atom. The molecule has 0 saturated heterocycles. The zero-order valence-electron chi connectivity index (χ0n) is 10.7. The summed E-state index contributed by atoms with van der Waals surface area (Å²) in [4.78, 5) is 22.2. The van der Waals surface area contributed by atoms with Gasteiger partial charge < -0.3 is 10.1 Å². The maximum absolute atomic E-state index is 11.9. The highest BCUT2D eigenvalue weighted by Crippen LogP contribution is 2.20. The normalized spacial score (nSPS) is 11.9. The smallest absolute Gasteiger partial charge is 0.273 e. The van der Waals surface area contributed by atoms with Crippen LogP contribution in [0, 0.1) is 17.0 Å². The van der Waals surface area contributed by atoms with Crippen LogP contribution in [0.4, 0.5) is 5.69 Å². The number of amides is 1. The van der Waals surface area contributed by atoms with E-state index in [2.05, 4.69) is 5.32 Å². The Morgan fingerprint density at radius 3 is 2.84 bits per heavy atom. The molecule has 1 rings (SSSR count). The van der Waals surface area contributed by atoms with Gasteiger partial charge in [0.05, 0.1) is 16.9 Å². The molecule has 0 radical (unpaired) electrons. The van der Waals surface area contributed by atoms with Crippen LogP contribution >= 0.6 is 11.6 Å². The third-order valence-corrected chi connectivity index (χ3v) is 2.86. The number of nitro benzene ring substituents is 1. The molecular formula is C12H15ClN2O4. The minimum absolute atomic E-state index is 0.0769. The molecule has 104 valence electrons. The van der Waals surface area contributed by atoms with Gasteiger partial charge in [0, 0.05) is 30.8 Å². The summed E-state index contributed by atoms with van der Waals surface area (Å²) in [6, 6.07) is 4.38. The summed E-state index contributed by atoms with van der Waals surface area (Å²) in [6.07, 6.45) is 0. The van der Waals surface area contributed by atoms with Crippen molar-refractivity contribution in [3.05, 3.63) is 39.4 Å². The number of carbonyl (C=O) groups excluding carboxylic acids is 1. The first-order chi connectivity index (χ1) is 8.97. The quantitative estimate of drug-likeness (QED) is 0.492. The van der Waals surface area contributed by atoms with Crippen LogP contribution in [0.25, 0.3) is 0 Å². The van der Waals surface area contributed by atoms with Crippen molar-refractivity contribution in [2.24, 2.45) is 0 Å². The lowest BCUT2D eigenvalue weighted by atomic mass is 10.1. The third kappa shape index (κ3) is 4.18. The first kappa shape index (κ1) is 15.4. The van der Waals surface area contributed by atoms with E-state index in [9.17, 15) is 14.9 Å². The van der Waals surface area contributed by atoms with Crippen LogP contribution < -0.4 is 5.32 Å². The topological polar surface area (TPSA) is 81.5 Å². The number of rotatable bonds is 6. The van der Waals surface area contributed by atoms with E-state index < -0.39 is 4.92 Å². The van der Waals surface area contributed by atoms with Gasteiger partial charge in [-0.25, -0.2) is 0 Å². The summed E-state index contributed by atoms with van der Waals surface area (Å²) >= 11 is 5.89. The van der Waals surface area contributed by atoms with E-state index in [1.807, 2.05) is 0 Å². The van der Waals surface area contributed by atoms with E-state index in [1.54, 1.807) is 6.92 Å². The Hall–Kier alpha value is -1.66. The van der Waals surface area contributed by atoms with E-state index in [4.69, 9.17) is 16.3 Å². The predicted octanol–water partition coefficient (Wildman–Crippen LogP) is 1.89. The summed E-state index contributed by atoms with van der Waals surface area (Å²) in [5.74, 6) is -0.386. The number of nitrogens with zero attached hydrogens (tertiary/aromatic N) is 1. The number of hydrogen-bond acceptors (Lipinski definition) is 4. The zero-order chi connectivity index (χ0) is 14.4. The largest absolute Gasteiger partial charge is 0.383 e. The van der Waals surface area contributed by atoms with Gasteiger partial charge in [-0.15, -0.1) is 11.6 Å². The van der Waals surface area contributed by atoms with Crippen LogP contribution in [0.1, 0.15) is 15.9 Å². The van der Waals surface area contributed by atoms with Crippen molar-refractivity contribution in [1.82, 2.24) is 5.32 Å². The molecular weight excluding hydrogens is 272 g/mol. The molecule has 6 nitrogen and oxygen atoms in total. The molecule has 0 fully saturated rings. The average molecular weight is 287 g/mol. The number of ether oxygens (including phenoxy) is 1. The highest BCUT2D eigenvalue weighted by Gasteiger charge is 2.18. The van der Waals surface area contributed by atoms with Gasteiger partial charge in [-0.1, -0.05) is 6.07 Å². The Kier molecular flexibility index (Phi) is 5.72. The number of halogens is 1. The van der Waals surface area contributed by atoms with Crippen molar-refractivity contribution in [3.63, 3.8) is 0 Å². The summed E-state index contributed by atoms with van der Waals surface area (Å²) in [7, 11) is 1.52. The fourth-order valence-electron chi connectivity index (χ4n) is 1.61. The highest BCUT2D eigenvalue weighted by atomic mass is 35.5. The third-order valence-electron chi connectivity index (χ3n) is 2.58. The van der Waals surface area contributed by atoms with Crippen molar-refractivity contribution < 1.29 is 14.5 Å². The predicted molar refractivity (Wildman–Crippen MR) is 71.7 cm³/mol. The summed E-state index contributed by atoms with van der Waals surface area (Å²) in [6.45, 7) is 2.09. The molecule has 0 spiro atoms. The Bertz CT molecular complexity index is 479. The zero-order valence-corrected chi connectivity index (χ0v) is 11.4. The lowest BCUT2D eigenvalue weighted by Gasteiger charge is -2.11. The first-order valence-electron chi connectivity index (χ1n) is 5.62. The molecule has 1 unspecified atom stereocenters. The van der Waals surface area contributed by atoms with Crippen LogP contribution in [-0.4, -0.2) is 36.5 Å². The average Bonchev–Trinajstić information content (AvgIpc) is 2.36. The lowest BCUT2D eigenvalue weighted by molar-refractivity contribution is -0.385. The number of methoxy groups -OCH3 is 1. The second-order valence-electron chi connectivity index (χ2n) is 3.97. The van der Waals surface area contributed by atoms with Gasteiger partial charge in [-0.05, 0) is 13.0 Å². The highest BCUT2D eigenvalue weighted by molar-refractivity contribution is 6.21. The number of nitro groups is 1. The summed E-state index contributed by atoms with van der Waals surface area (Å²) < 4.78 is 4.84. The van der Waals surface area contributed by atoms with Gasteiger partial charge in [0.2, 0.25) is 0 Å². The fourth-order valence-corrected chi connectivity index (χ4v) is 1.81. The van der Waals surface area contributed by atoms with Gasteiger partial charge in [0.15, 0.2) is 0 Å². The second kappa shape index (κ2) is 7.06. The van der Waals surface area contributed by atoms with Crippen molar-refractivity contribution in [1.29, 1.82) is 0 Å². The number of alkyl halides is 1. The van der Waals surface area contributed by atoms with Crippen LogP contribution in [0.15, 0.2) is 18.2 Å². The molecule has 1 aromatic carbocycles. The molecule has 1 aromatic rings. The second-order valence-corrected chi connectivity index (χ2v) is 4.59. The van der Waals surface area contributed by atoms with Gasteiger partial charge in [-0.2, -0.15) is 0 Å². The number of hydrogen-bond donors (Lipinski definition) is 1. The van der Waals surface area contributed by atoms with Crippen molar-refractivity contribution in [2.45, 2.75) is 12.3 Å². The SMILES string of the molecule is COCC(Cl)CNC(=O)c1cccc([N+](=O)[O-])c1C. The van der Waals surface area contributed by atoms with E-state index in [0.29, 0.717) is 12.2 Å². The molecule has 7 heteroatoms. The van der Waals surface area contributed by atoms with Crippen molar-refractivity contribution in [2.75, 3.05) is 20.3 Å². The molecule has 0 bridgehead atoms. The van der Waals surface area contributed by atoms with Crippen LogP contribution in [0.5, 0.6) is 0 Å². The monoisotopic (exact) mass is 286 g/mol. The van der Waals surface area contributed by atoms with E-state index >= 15 is 0 Å². The molecule has 0 aliphatic heterocycles. The van der Waals surface area contributed by atoms with Gasteiger partial charge >= 0.3 is 0 Å². The molecule has 1 atom stereocenters. The number of nitrogens with one attached hydrogen (secondary N) is 1. The molecule has 19 heavy (non-hydrogen) atoms. The molecule has 0 aromatic heterocycles. The van der Waals surface area contributed by atoms with E-state index in [0.717, 1.165) is 0 Å². The standard InChI is InChI=1S/C12H15ClN2O4/c1-8-10(4-3-5-11(8)15(17)18)12(16)14-6-9(13)7-19-2/h3-5,9H,6-7H2,1-2H3,(H,14,16). The number of carbonyl (C=O) groups is 1. The van der Waals surface area contributed by atoms with E-state index in [1.165, 1.54) is 25.3 Å². The van der Waals surface area contributed by atoms with Gasteiger partial charge in [0.25, 0.3) is 11.6 Å². The van der Waals surface area contributed by atoms with Gasteiger partial charge in [0.1, 0.15) is 0 Å².